The van der Waals surface area contributed by atoms with Crippen LogP contribution in [0.5, 0.6) is 0 Å². The Morgan fingerprint density at radius 2 is 2.05 bits per heavy atom. The molecule has 6 nitrogen and oxygen atoms in total. The van der Waals surface area contributed by atoms with Gasteiger partial charge in [-0.15, -0.1) is 0 Å². The molecule has 2 atom stereocenters. The number of likely N-dealkylation sites (tertiary alicyclic amines) is 1. The zero-order valence-corrected chi connectivity index (χ0v) is 9.91. The maximum atomic E-state index is 13.4. The lowest BCUT2D eigenvalue weighted by Crippen LogP contribution is -2.43. The van der Waals surface area contributed by atoms with Crippen LogP contribution in [0.2, 0.25) is 0 Å². The van der Waals surface area contributed by atoms with Gasteiger partial charge in [0.15, 0.2) is 0 Å². The Hall–Kier alpha value is -2.15. The minimum absolute atomic E-state index is 0.0278. The molecule has 0 spiro atoms. The second-order valence-electron chi connectivity index (χ2n) is 4.31. The van der Waals surface area contributed by atoms with E-state index in [9.17, 15) is 19.1 Å². The van der Waals surface area contributed by atoms with Crippen LogP contribution in [-0.4, -0.2) is 45.8 Å². The number of aliphatic hydroxyl groups is 1. The smallest absolute Gasteiger partial charge is 0.326 e. The standard InChI is InChI=1S/C12H13FN2O4/c13-8-3-1-2-4-9(8)14-12(19)15-6-7(16)5-10(15)11(17)18/h1-4,7,10,16H,5-6H2,(H,14,19)(H,17,18)/t7-,10+/m0/s1. The summed E-state index contributed by atoms with van der Waals surface area (Å²) in [6, 6.07) is 3.74. The number of carbonyl (C=O) groups excluding carboxylic acids is 1. The molecule has 0 radical (unpaired) electrons. The SMILES string of the molecule is O=C(O)[C@H]1C[C@H](O)CN1C(=O)Nc1ccccc1F. The minimum atomic E-state index is -1.19. The third kappa shape index (κ3) is 2.82. The number of urea groups is 1. The van der Waals surface area contributed by atoms with Crippen LogP contribution in [0.4, 0.5) is 14.9 Å². The van der Waals surface area contributed by atoms with E-state index < -0.39 is 30.0 Å². The molecule has 0 aliphatic carbocycles. The van der Waals surface area contributed by atoms with E-state index >= 15 is 0 Å². The highest BCUT2D eigenvalue weighted by Gasteiger charge is 2.39. The number of nitrogens with one attached hydrogen (secondary N) is 1. The zero-order chi connectivity index (χ0) is 14.0. The summed E-state index contributed by atoms with van der Waals surface area (Å²) >= 11 is 0. The third-order valence-electron chi connectivity index (χ3n) is 2.94. The van der Waals surface area contributed by atoms with Gasteiger partial charge in [0.05, 0.1) is 11.8 Å². The predicted octanol–water partition coefficient (Wildman–Crippen LogP) is 0.877. The van der Waals surface area contributed by atoms with E-state index in [1.165, 1.54) is 18.2 Å². The molecule has 0 saturated carbocycles. The molecule has 1 aliphatic rings. The summed E-state index contributed by atoms with van der Waals surface area (Å²) in [5.41, 5.74) is -0.0296. The maximum Gasteiger partial charge on any atom is 0.326 e. The normalized spacial score (nSPS) is 22.3. The largest absolute Gasteiger partial charge is 0.480 e. The van der Waals surface area contributed by atoms with Gasteiger partial charge in [0, 0.05) is 13.0 Å². The van der Waals surface area contributed by atoms with Crippen molar-refractivity contribution in [3.05, 3.63) is 30.1 Å². The number of amides is 2. The fourth-order valence-electron chi connectivity index (χ4n) is 2.02. The van der Waals surface area contributed by atoms with Gasteiger partial charge in [0.1, 0.15) is 11.9 Å². The molecule has 0 aromatic heterocycles. The molecule has 19 heavy (non-hydrogen) atoms. The van der Waals surface area contributed by atoms with Crippen molar-refractivity contribution in [3.63, 3.8) is 0 Å². The number of para-hydroxylation sites is 1. The quantitative estimate of drug-likeness (QED) is 0.742. The van der Waals surface area contributed by atoms with Crippen molar-refractivity contribution in [2.45, 2.75) is 18.6 Å². The predicted molar refractivity (Wildman–Crippen MR) is 64.2 cm³/mol. The molecule has 1 heterocycles. The van der Waals surface area contributed by atoms with Crippen molar-refractivity contribution in [3.8, 4) is 0 Å². The Balaban J connectivity index is 2.11. The molecule has 2 amide bonds. The molecule has 7 heteroatoms. The fraction of sp³-hybridized carbons (Fsp3) is 0.333. The van der Waals surface area contributed by atoms with E-state index in [2.05, 4.69) is 5.32 Å². The number of carboxylic acids is 1. The van der Waals surface area contributed by atoms with Gasteiger partial charge in [-0.05, 0) is 12.1 Å². The van der Waals surface area contributed by atoms with Crippen molar-refractivity contribution in [2.75, 3.05) is 11.9 Å². The van der Waals surface area contributed by atoms with Crippen molar-refractivity contribution >= 4 is 17.7 Å². The lowest BCUT2D eigenvalue weighted by atomic mass is 10.2. The Kier molecular flexibility index (Phi) is 3.66. The first kappa shape index (κ1) is 13.3. The van der Waals surface area contributed by atoms with Gasteiger partial charge >= 0.3 is 12.0 Å². The number of aliphatic hydroxyl groups excluding tert-OH is 1. The van der Waals surface area contributed by atoms with Gasteiger partial charge in [-0.1, -0.05) is 12.1 Å². The molecule has 1 aromatic carbocycles. The summed E-state index contributed by atoms with van der Waals surface area (Å²) in [5.74, 6) is -1.80. The lowest BCUT2D eigenvalue weighted by molar-refractivity contribution is -0.141. The number of nitrogens with zero attached hydrogens (tertiary/aromatic N) is 1. The summed E-state index contributed by atoms with van der Waals surface area (Å²) in [5, 5.41) is 20.7. The van der Waals surface area contributed by atoms with E-state index in [0.29, 0.717) is 0 Å². The zero-order valence-electron chi connectivity index (χ0n) is 9.91. The Morgan fingerprint density at radius 1 is 1.37 bits per heavy atom. The number of benzene rings is 1. The van der Waals surface area contributed by atoms with Crippen LogP contribution in [0.1, 0.15) is 6.42 Å². The third-order valence-corrected chi connectivity index (χ3v) is 2.94. The molecule has 102 valence electrons. The second-order valence-corrected chi connectivity index (χ2v) is 4.31. The molecule has 3 N–H and O–H groups in total. The highest BCUT2D eigenvalue weighted by Crippen LogP contribution is 2.20. The van der Waals surface area contributed by atoms with Gasteiger partial charge < -0.3 is 20.4 Å². The summed E-state index contributed by atoms with van der Waals surface area (Å²) in [6.07, 6.45) is -0.910. The molecule has 2 rings (SSSR count). The number of hydrogen-bond acceptors (Lipinski definition) is 3. The van der Waals surface area contributed by atoms with Crippen LogP contribution >= 0.6 is 0 Å². The topological polar surface area (TPSA) is 89.9 Å². The molecule has 1 saturated heterocycles. The van der Waals surface area contributed by atoms with E-state index in [0.717, 1.165) is 4.90 Å². The Labute approximate surface area is 108 Å². The number of carbonyl (C=O) groups is 2. The number of anilines is 1. The molecule has 1 fully saturated rings. The molecular formula is C12H13FN2O4. The monoisotopic (exact) mass is 268 g/mol. The summed E-state index contributed by atoms with van der Waals surface area (Å²) in [4.78, 5) is 23.9. The number of rotatable bonds is 2. The minimum Gasteiger partial charge on any atom is -0.480 e. The highest BCUT2D eigenvalue weighted by atomic mass is 19.1. The molecule has 0 bridgehead atoms. The number of halogens is 1. The first-order valence-corrected chi connectivity index (χ1v) is 5.72. The summed E-state index contributed by atoms with van der Waals surface area (Å²) in [7, 11) is 0. The van der Waals surface area contributed by atoms with Gasteiger partial charge in [0.25, 0.3) is 0 Å². The second kappa shape index (κ2) is 5.23. The first-order valence-electron chi connectivity index (χ1n) is 5.72. The fourth-order valence-corrected chi connectivity index (χ4v) is 2.02. The van der Waals surface area contributed by atoms with Crippen LogP contribution in [0.25, 0.3) is 0 Å². The van der Waals surface area contributed by atoms with E-state index in [-0.39, 0.29) is 18.7 Å². The van der Waals surface area contributed by atoms with Gasteiger partial charge in [-0.2, -0.15) is 0 Å². The van der Waals surface area contributed by atoms with Crippen LogP contribution in [-0.2, 0) is 4.79 Å². The number of hydrogen-bond donors (Lipinski definition) is 3. The molecular weight excluding hydrogens is 255 g/mol. The van der Waals surface area contributed by atoms with Crippen LogP contribution in [0.3, 0.4) is 0 Å². The van der Waals surface area contributed by atoms with Crippen LogP contribution in [0, 0.1) is 5.82 Å². The summed E-state index contributed by atoms with van der Waals surface area (Å²) < 4.78 is 13.4. The maximum absolute atomic E-state index is 13.4. The Bertz CT molecular complexity index is 508. The van der Waals surface area contributed by atoms with Crippen LogP contribution < -0.4 is 5.32 Å². The van der Waals surface area contributed by atoms with Gasteiger partial charge in [-0.25, -0.2) is 14.0 Å². The van der Waals surface area contributed by atoms with Crippen molar-refractivity contribution in [1.29, 1.82) is 0 Å². The number of β-amino-alcohol motifs (C(OH)–C–C–N with tert-alkyl or cyclic N) is 1. The molecule has 0 unspecified atom stereocenters. The van der Waals surface area contributed by atoms with E-state index in [4.69, 9.17) is 5.11 Å². The molecule has 1 aliphatic heterocycles. The average Bonchev–Trinajstić information content (AvgIpc) is 2.74. The summed E-state index contributed by atoms with van der Waals surface area (Å²) in [6.45, 7) is -0.0861. The first-order chi connectivity index (χ1) is 8.99. The van der Waals surface area contributed by atoms with Crippen LogP contribution in [0.15, 0.2) is 24.3 Å². The highest BCUT2D eigenvalue weighted by molar-refractivity contribution is 5.92. The average molecular weight is 268 g/mol. The molecule has 1 aromatic rings. The lowest BCUT2D eigenvalue weighted by Gasteiger charge is -2.21. The van der Waals surface area contributed by atoms with E-state index in [1.807, 2.05) is 0 Å². The van der Waals surface area contributed by atoms with Crippen molar-refractivity contribution in [2.24, 2.45) is 0 Å². The van der Waals surface area contributed by atoms with Crippen molar-refractivity contribution in [1.82, 2.24) is 4.90 Å². The van der Waals surface area contributed by atoms with Crippen molar-refractivity contribution < 1.29 is 24.2 Å². The Morgan fingerprint density at radius 3 is 2.68 bits per heavy atom. The number of carboxylic acid groups (broad SMARTS) is 1. The number of aliphatic carboxylic acids is 1. The van der Waals surface area contributed by atoms with Gasteiger partial charge in [-0.3, -0.25) is 0 Å². The van der Waals surface area contributed by atoms with Gasteiger partial charge in [0.2, 0.25) is 0 Å². The van der Waals surface area contributed by atoms with E-state index in [1.54, 1.807) is 6.07 Å².